The number of carbonyl (C=O) groups is 1. The highest BCUT2D eigenvalue weighted by atomic mass is 16.5. The number of carbonyl (C=O) groups excluding carboxylic acids is 1. The fourth-order valence-electron chi connectivity index (χ4n) is 3.35. The van der Waals surface area contributed by atoms with Crippen LogP contribution in [0.1, 0.15) is 23.9 Å². The highest BCUT2D eigenvalue weighted by Crippen LogP contribution is 2.30. The predicted octanol–water partition coefficient (Wildman–Crippen LogP) is 3.01. The number of aryl methyl sites for hydroxylation is 1. The summed E-state index contributed by atoms with van der Waals surface area (Å²) in [4.78, 5) is 23.1. The molecule has 0 unspecified atom stereocenters. The fourth-order valence-corrected chi connectivity index (χ4v) is 3.35. The third-order valence-electron chi connectivity index (χ3n) is 4.81. The van der Waals surface area contributed by atoms with Crippen molar-refractivity contribution in [1.29, 1.82) is 0 Å². The highest BCUT2D eigenvalue weighted by Gasteiger charge is 2.35. The number of pyridine rings is 1. The lowest BCUT2D eigenvalue weighted by Crippen LogP contribution is -2.39. The second-order valence-corrected chi connectivity index (χ2v) is 7.02. The molecule has 1 aliphatic heterocycles. The first-order valence-corrected chi connectivity index (χ1v) is 9.18. The van der Waals surface area contributed by atoms with Crippen molar-refractivity contribution in [3.63, 3.8) is 0 Å². The van der Waals surface area contributed by atoms with E-state index in [1.807, 2.05) is 56.4 Å². The van der Waals surface area contributed by atoms with Gasteiger partial charge in [-0.3, -0.25) is 9.88 Å². The van der Waals surface area contributed by atoms with Gasteiger partial charge in [-0.1, -0.05) is 28.9 Å². The number of likely N-dealkylation sites (tertiary alicyclic amines) is 1. The first kappa shape index (κ1) is 18.1. The van der Waals surface area contributed by atoms with Crippen LogP contribution in [0.2, 0.25) is 0 Å². The average molecular weight is 378 g/mol. The number of anilines is 1. The maximum Gasteiger partial charge on any atom is 0.319 e. The number of amides is 2. The summed E-state index contributed by atoms with van der Waals surface area (Å²) in [5.41, 5.74) is 2.59. The Balaban J connectivity index is 1.37. The number of hydrogen-bond acceptors (Lipinski definition) is 6. The molecule has 0 radical (unpaired) electrons. The standard InChI is InChI=1S/C20H22N6O2/c1-13-6-8-14(9-7-13)22-20(27)23-15-11-17(26(2)12-15)19-24-18(25-28-19)16-5-3-4-10-21-16/h3-10,15,17H,11-12H2,1-2H3,(H2,22,23,27)/t15-,17-/m0/s1. The number of nitrogens with zero attached hydrogens (tertiary/aromatic N) is 4. The Morgan fingerprint density at radius 1 is 1.21 bits per heavy atom. The summed E-state index contributed by atoms with van der Waals surface area (Å²) >= 11 is 0. The van der Waals surface area contributed by atoms with E-state index in [4.69, 9.17) is 4.52 Å². The predicted molar refractivity (Wildman–Crippen MR) is 105 cm³/mol. The number of urea groups is 1. The van der Waals surface area contributed by atoms with Crippen LogP contribution in [-0.2, 0) is 0 Å². The van der Waals surface area contributed by atoms with Crippen LogP contribution in [0.3, 0.4) is 0 Å². The molecule has 0 bridgehead atoms. The van der Waals surface area contributed by atoms with Gasteiger partial charge in [0.2, 0.25) is 11.7 Å². The van der Waals surface area contributed by atoms with Crippen molar-refractivity contribution in [2.45, 2.75) is 25.4 Å². The molecule has 1 aliphatic rings. The number of rotatable bonds is 4. The lowest BCUT2D eigenvalue weighted by atomic mass is 10.1. The van der Waals surface area contributed by atoms with Crippen LogP contribution in [0.5, 0.6) is 0 Å². The minimum absolute atomic E-state index is 0.00866. The van der Waals surface area contributed by atoms with E-state index in [2.05, 4.69) is 30.7 Å². The summed E-state index contributed by atoms with van der Waals surface area (Å²) in [7, 11) is 1.98. The Morgan fingerprint density at radius 2 is 2.04 bits per heavy atom. The van der Waals surface area contributed by atoms with Crippen molar-refractivity contribution in [1.82, 2.24) is 25.3 Å². The van der Waals surface area contributed by atoms with Crippen molar-refractivity contribution in [3.8, 4) is 11.5 Å². The van der Waals surface area contributed by atoms with Crippen LogP contribution in [0.4, 0.5) is 10.5 Å². The third-order valence-corrected chi connectivity index (χ3v) is 4.81. The Hall–Kier alpha value is -3.26. The van der Waals surface area contributed by atoms with Crippen LogP contribution < -0.4 is 10.6 Å². The summed E-state index contributed by atoms with van der Waals surface area (Å²) in [6, 6.07) is 13.0. The molecule has 144 valence electrons. The van der Waals surface area contributed by atoms with Crippen LogP contribution in [0, 0.1) is 6.92 Å². The Morgan fingerprint density at radius 3 is 2.79 bits per heavy atom. The first-order valence-electron chi connectivity index (χ1n) is 9.18. The lowest BCUT2D eigenvalue weighted by Gasteiger charge is -2.14. The minimum Gasteiger partial charge on any atom is -0.337 e. The SMILES string of the molecule is Cc1ccc(NC(=O)N[C@H]2C[C@@H](c3nc(-c4ccccn4)no3)N(C)C2)cc1. The van der Waals surface area contributed by atoms with Crippen molar-refractivity contribution in [2.24, 2.45) is 0 Å². The van der Waals surface area contributed by atoms with E-state index in [1.165, 1.54) is 0 Å². The van der Waals surface area contributed by atoms with Gasteiger partial charge in [-0.25, -0.2) is 4.79 Å². The largest absolute Gasteiger partial charge is 0.337 e. The summed E-state index contributed by atoms with van der Waals surface area (Å²) in [6.07, 6.45) is 2.39. The highest BCUT2D eigenvalue weighted by molar-refractivity contribution is 5.89. The average Bonchev–Trinajstić information content (AvgIpc) is 3.31. The second kappa shape index (κ2) is 7.77. The van der Waals surface area contributed by atoms with Gasteiger partial charge in [0, 0.05) is 24.5 Å². The molecule has 4 rings (SSSR count). The van der Waals surface area contributed by atoms with Gasteiger partial charge in [0.1, 0.15) is 5.69 Å². The van der Waals surface area contributed by atoms with Gasteiger partial charge in [0.25, 0.3) is 0 Å². The molecule has 0 spiro atoms. The van der Waals surface area contributed by atoms with Gasteiger partial charge < -0.3 is 15.2 Å². The number of likely N-dealkylation sites (N-methyl/N-ethyl adjacent to an activating group) is 1. The fraction of sp³-hybridized carbons (Fsp3) is 0.300. The third kappa shape index (κ3) is 4.01. The molecule has 1 aromatic carbocycles. The van der Waals surface area contributed by atoms with Crippen LogP contribution in [0.15, 0.2) is 53.2 Å². The van der Waals surface area contributed by atoms with Crippen molar-refractivity contribution in [3.05, 3.63) is 60.1 Å². The Labute approximate surface area is 163 Å². The smallest absolute Gasteiger partial charge is 0.319 e. The molecular weight excluding hydrogens is 356 g/mol. The lowest BCUT2D eigenvalue weighted by molar-refractivity contribution is 0.243. The van der Waals surface area contributed by atoms with Gasteiger partial charge in [0.05, 0.1) is 6.04 Å². The molecule has 2 aromatic heterocycles. The molecule has 0 aliphatic carbocycles. The van der Waals surface area contributed by atoms with Gasteiger partial charge in [-0.2, -0.15) is 4.98 Å². The van der Waals surface area contributed by atoms with Crippen LogP contribution in [-0.4, -0.2) is 45.7 Å². The van der Waals surface area contributed by atoms with E-state index >= 15 is 0 Å². The number of nitrogens with one attached hydrogen (secondary N) is 2. The van der Waals surface area contributed by atoms with E-state index in [0.29, 0.717) is 30.4 Å². The van der Waals surface area contributed by atoms with Crippen LogP contribution in [0.25, 0.3) is 11.5 Å². The maximum absolute atomic E-state index is 12.3. The molecule has 3 aromatic rings. The Bertz CT molecular complexity index is 941. The molecule has 3 heterocycles. The number of hydrogen-bond donors (Lipinski definition) is 2. The normalized spacial score (nSPS) is 19.5. The number of aromatic nitrogens is 3. The zero-order valence-corrected chi connectivity index (χ0v) is 15.8. The topological polar surface area (TPSA) is 96.2 Å². The molecule has 0 saturated carbocycles. The van der Waals surface area contributed by atoms with Crippen LogP contribution >= 0.6 is 0 Å². The molecule has 28 heavy (non-hydrogen) atoms. The monoisotopic (exact) mass is 378 g/mol. The van der Waals surface area contributed by atoms with E-state index in [-0.39, 0.29) is 18.1 Å². The summed E-state index contributed by atoms with van der Waals surface area (Å²) in [5, 5.41) is 9.92. The van der Waals surface area contributed by atoms with Gasteiger partial charge in [-0.15, -0.1) is 0 Å². The molecule has 2 amide bonds. The van der Waals surface area contributed by atoms with E-state index in [1.54, 1.807) is 6.20 Å². The molecule has 2 atom stereocenters. The Kier molecular flexibility index (Phi) is 5.03. The summed E-state index contributed by atoms with van der Waals surface area (Å²) in [6.45, 7) is 2.71. The van der Waals surface area contributed by atoms with Gasteiger partial charge in [0.15, 0.2) is 0 Å². The maximum atomic E-state index is 12.3. The summed E-state index contributed by atoms with van der Waals surface area (Å²) < 4.78 is 5.46. The van der Waals surface area contributed by atoms with Gasteiger partial charge in [-0.05, 0) is 44.7 Å². The zero-order chi connectivity index (χ0) is 19.5. The molecule has 8 nitrogen and oxygen atoms in total. The molecule has 1 saturated heterocycles. The molecule has 1 fully saturated rings. The molecular formula is C20H22N6O2. The minimum atomic E-state index is -0.220. The van der Waals surface area contributed by atoms with Crippen molar-refractivity contribution < 1.29 is 9.32 Å². The summed E-state index contributed by atoms with van der Waals surface area (Å²) in [5.74, 6) is 1.00. The van der Waals surface area contributed by atoms with E-state index in [9.17, 15) is 4.79 Å². The zero-order valence-electron chi connectivity index (χ0n) is 15.8. The van der Waals surface area contributed by atoms with Gasteiger partial charge >= 0.3 is 6.03 Å². The van der Waals surface area contributed by atoms with E-state index in [0.717, 1.165) is 11.3 Å². The first-order chi connectivity index (χ1) is 13.6. The molecule has 8 heteroatoms. The van der Waals surface area contributed by atoms with E-state index < -0.39 is 0 Å². The van der Waals surface area contributed by atoms with Crippen molar-refractivity contribution in [2.75, 3.05) is 18.9 Å². The quantitative estimate of drug-likeness (QED) is 0.724. The van der Waals surface area contributed by atoms with Crippen molar-refractivity contribution >= 4 is 11.7 Å². The second-order valence-electron chi connectivity index (χ2n) is 7.02. The number of benzene rings is 1. The molecule has 2 N–H and O–H groups in total.